The average molecular weight is 246 g/mol. The van der Waals surface area contributed by atoms with E-state index in [9.17, 15) is 0 Å². The molecule has 0 spiro atoms. The molecule has 0 aromatic carbocycles. The van der Waals surface area contributed by atoms with Crippen LogP contribution in [0.1, 0.15) is 26.7 Å². The van der Waals surface area contributed by atoms with E-state index in [4.69, 9.17) is 4.74 Å². The summed E-state index contributed by atoms with van der Waals surface area (Å²) in [5.74, 6) is 3.13. The van der Waals surface area contributed by atoms with Gasteiger partial charge in [-0.2, -0.15) is 0 Å². The van der Waals surface area contributed by atoms with Crippen molar-refractivity contribution >= 4 is 5.82 Å². The van der Waals surface area contributed by atoms with Gasteiger partial charge >= 0.3 is 0 Å². The highest BCUT2D eigenvalue weighted by Gasteiger charge is 2.18. The standard InChI is InChI=1S/C15H22N2O/c1-3-16-15-10-14(8-9-17-15)18-11-13-7-5-4-6-12(13)2/h4-5,8-10,12-13H,3,6-7,11H2,1-2H3,(H,16,17). The zero-order valence-electron chi connectivity index (χ0n) is 11.2. The Labute approximate surface area is 109 Å². The van der Waals surface area contributed by atoms with E-state index < -0.39 is 0 Å². The van der Waals surface area contributed by atoms with E-state index in [2.05, 4.69) is 36.3 Å². The Kier molecular flexibility index (Phi) is 4.62. The van der Waals surface area contributed by atoms with E-state index >= 15 is 0 Å². The van der Waals surface area contributed by atoms with Crippen LogP contribution in [-0.4, -0.2) is 18.1 Å². The Morgan fingerprint density at radius 1 is 1.39 bits per heavy atom. The molecule has 1 aliphatic carbocycles. The number of pyridine rings is 1. The highest BCUT2D eigenvalue weighted by Crippen LogP contribution is 2.26. The van der Waals surface area contributed by atoms with Gasteiger partial charge in [0.25, 0.3) is 0 Å². The summed E-state index contributed by atoms with van der Waals surface area (Å²) in [6.07, 6.45) is 8.64. The number of aromatic nitrogens is 1. The molecule has 1 heterocycles. The van der Waals surface area contributed by atoms with Gasteiger partial charge in [0.05, 0.1) is 6.61 Å². The lowest BCUT2D eigenvalue weighted by molar-refractivity contribution is 0.198. The Balaban J connectivity index is 1.89. The molecule has 0 aliphatic heterocycles. The Morgan fingerprint density at radius 2 is 2.22 bits per heavy atom. The van der Waals surface area contributed by atoms with Gasteiger partial charge in [-0.3, -0.25) is 0 Å². The Morgan fingerprint density at radius 3 is 3.00 bits per heavy atom. The van der Waals surface area contributed by atoms with E-state index in [1.54, 1.807) is 6.20 Å². The predicted molar refractivity (Wildman–Crippen MR) is 74.9 cm³/mol. The fourth-order valence-corrected chi connectivity index (χ4v) is 2.22. The van der Waals surface area contributed by atoms with Gasteiger partial charge in [0.1, 0.15) is 11.6 Å². The average Bonchev–Trinajstić information content (AvgIpc) is 2.39. The van der Waals surface area contributed by atoms with E-state index in [0.29, 0.717) is 11.8 Å². The first-order valence-corrected chi connectivity index (χ1v) is 6.77. The van der Waals surface area contributed by atoms with Crippen LogP contribution in [0.2, 0.25) is 0 Å². The second-order valence-corrected chi connectivity index (χ2v) is 4.90. The van der Waals surface area contributed by atoms with Crippen LogP contribution in [0.25, 0.3) is 0 Å². The minimum absolute atomic E-state index is 0.630. The maximum atomic E-state index is 5.89. The summed E-state index contributed by atoms with van der Waals surface area (Å²) in [5, 5.41) is 3.19. The molecular formula is C15H22N2O. The first kappa shape index (κ1) is 12.9. The molecular weight excluding hydrogens is 224 g/mol. The molecule has 0 fully saturated rings. The van der Waals surface area contributed by atoms with Crippen molar-refractivity contribution in [3.05, 3.63) is 30.5 Å². The normalized spacial score (nSPS) is 22.8. The minimum atomic E-state index is 0.630. The number of ether oxygens (including phenoxy) is 1. The van der Waals surface area contributed by atoms with Gasteiger partial charge in [0, 0.05) is 18.8 Å². The van der Waals surface area contributed by atoms with Crippen LogP contribution < -0.4 is 10.1 Å². The second kappa shape index (κ2) is 6.43. The Hall–Kier alpha value is -1.51. The lowest BCUT2D eigenvalue weighted by Gasteiger charge is -2.25. The summed E-state index contributed by atoms with van der Waals surface area (Å²) in [6.45, 7) is 6.03. The molecule has 0 bridgehead atoms. The molecule has 98 valence electrons. The first-order valence-electron chi connectivity index (χ1n) is 6.77. The molecule has 3 heteroatoms. The molecule has 1 aromatic rings. The van der Waals surface area contributed by atoms with Crippen LogP contribution in [-0.2, 0) is 0 Å². The van der Waals surface area contributed by atoms with Crippen LogP contribution in [0.3, 0.4) is 0 Å². The van der Waals surface area contributed by atoms with Crippen LogP contribution in [0.4, 0.5) is 5.82 Å². The molecule has 18 heavy (non-hydrogen) atoms. The largest absolute Gasteiger partial charge is 0.493 e. The molecule has 1 aromatic heterocycles. The molecule has 2 rings (SSSR count). The monoisotopic (exact) mass is 246 g/mol. The van der Waals surface area contributed by atoms with Crippen LogP contribution in [0.15, 0.2) is 30.5 Å². The van der Waals surface area contributed by atoms with Gasteiger partial charge in [-0.15, -0.1) is 0 Å². The zero-order valence-corrected chi connectivity index (χ0v) is 11.2. The lowest BCUT2D eigenvalue weighted by Crippen LogP contribution is -2.21. The quantitative estimate of drug-likeness (QED) is 0.807. The van der Waals surface area contributed by atoms with Crippen molar-refractivity contribution in [1.29, 1.82) is 0 Å². The van der Waals surface area contributed by atoms with E-state index in [0.717, 1.165) is 31.1 Å². The minimum Gasteiger partial charge on any atom is -0.493 e. The third-order valence-electron chi connectivity index (χ3n) is 3.47. The maximum Gasteiger partial charge on any atom is 0.129 e. The van der Waals surface area contributed by atoms with Crippen molar-refractivity contribution in [2.24, 2.45) is 11.8 Å². The molecule has 0 saturated carbocycles. The molecule has 1 aliphatic rings. The van der Waals surface area contributed by atoms with Gasteiger partial charge in [0.2, 0.25) is 0 Å². The Bertz CT molecular complexity index is 403. The molecule has 2 unspecified atom stereocenters. The summed E-state index contributed by atoms with van der Waals surface area (Å²) in [4.78, 5) is 4.24. The summed E-state index contributed by atoms with van der Waals surface area (Å²) in [6, 6.07) is 3.89. The van der Waals surface area contributed by atoms with Crippen LogP contribution in [0.5, 0.6) is 5.75 Å². The number of nitrogens with one attached hydrogen (secondary N) is 1. The predicted octanol–water partition coefficient (Wildman–Crippen LogP) is 3.49. The highest BCUT2D eigenvalue weighted by molar-refractivity contribution is 5.40. The van der Waals surface area contributed by atoms with Gasteiger partial charge in [-0.1, -0.05) is 19.1 Å². The van der Waals surface area contributed by atoms with Crippen molar-refractivity contribution < 1.29 is 4.74 Å². The highest BCUT2D eigenvalue weighted by atomic mass is 16.5. The number of hydrogen-bond donors (Lipinski definition) is 1. The second-order valence-electron chi connectivity index (χ2n) is 4.90. The number of nitrogens with zero attached hydrogens (tertiary/aromatic N) is 1. The molecule has 2 atom stereocenters. The summed E-state index contributed by atoms with van der Waals surface area (Å²) in [7, 11) is 0. The SMILES string of the molecule is CCNc1cc(OCC2CC=CCC2C)ccn1. The fourth-order valence-electron chi connectivity index (χ4n) is 2.22. The third kappa shape index (κ3) is 3.49. The molecule has 0 amide bonds. The summed E-state index contributed by atoms with van der Waals surface area (Å²) < 4.78 is 5.89. The van der Waals surface area contributed by atoms with Gasteiger partial charge in [0.15, 0.2) is 0 Å². The van der Waals surface area contributed by atoms with Crippen molar-refractivity contribution in [3.63, 3.8) is 0 Å². The number of allylic oxidation sites excluding steroid dienone is 2. The van der Waals surface area contributed by atoms with E-state index in [1.165, 1.54) is 6.42 Å². The lowest BCUT2D eigenvalue weighted by atomic mass is 9.85. The topological polar surface area (TPSA) is 34.1 Å². The smallest absolute Gasteiger partial charge is 0.129 e. The number of hydrogen-bond acceptors (Lipinski definition) is 3. The van der Waals surface area contributed by atoms with Crippen molar-refractivity contribution in [1.82, 2.24) is 4.98 Å². The van der Waals surface area contributed by atoms with Crippen LogP contribution >= 0.6 is 0 Å². The molecule has 3 nitrogen and oxygen atoms in total. The fraction of sp³-hybridized carbons (Fsp3) is 0.533. The summed E-state index contributed by atoms with van der Waals surface area (Å²) in [5.41, 5.74) is 0. The van der Waals surface area contributed by atoms with Gasteiger partial charge in [-0.25, -0.2) is 4.98 Å². The van der Waals surface area contributed by atoms with Gasteiger partial charge in [-0.05, 0) is 37.7 Å². The summed E-state index contributed by atoms with van der Waals surface area (Å²) >= 11 is 0. The molecule has 0 radical (unpaired) electrons. The van der Waals surface area contributed by atoms with Crippen molar-refractivity contribution in [2.75, 3.05) is 18.5 Å². The van der Waals surface area contributed by atoms with E-state index in [-0.39, 0.29) is 0 Å². The van der Waals surface area contributed by atoms with Crippen molar-refractivity contribution in [2.45, 2.75) is 26.7 Å². The molecule has 0 saturated heterocycles. The zero-order chi connectivity index (χ0) is 12.8. The van der Waals surface area contributed by atoms with Crippen LogP contribution in [0, 0.1) is 11.8 Å². The van der Waals surface area contributed by atoms with Crippen molar-refractivity contribution in [3.8, 4) is 5.75 Å². The molecule has 1 N–H and O–H groups in total. The maximum absolute atomic E-state index is 5.89. The number of rotatable bonds is 5. The number of anilines is 1. The third-order valence-corrected chi connectivity index (χ3v) is 3.47. The first-order chi connectivity index (χ1) is 8.79. The van der Waals surface area contributed by atoms with E-state index in [1.807, 2.05) is 12.1 Å². The van der Waals surface area contributed by atoms with Gasteiger partial charge < -0.3 is 10.1 Å².